The minimum absolute atomic E-state index is 0.721. The lowest BCUT2D eigenvalue weighted by atomic mass is 10.0. The molecule has 0 heterocycles. The van der Waals surface area contributed by atoms with Crippen LogP contribution in [0.15, 0.2) is 48.5 Å². The van der Waals surface area contributed by atoms with Crippen LogP contribution in [-0.2, 0) is 4.79 Å². The van der Waals surface area contributed by atoms with Crippen molar-refractivity contribution >= 4 is 11.7 Å². The minimum atomic E-state index is -0.912. The standard InChI is InChI=1S/C16H17NO3/c1-11-3-5-12(6-4-11)15(16(18)19)17-13-7-9-14(20-2)10-8-13/h3-10,15,17H,1-2H3,(H,18,19)/t15-/m0/s1. The monoisotopic (exact) mass is 271 g/mol. The molecule has 0 radical (unpaired) electrons. The molecular formula is C16H17NO3. The Morgan fingerprint density at radius 2 is 1.70 bits per heavy atom. The first-order chi connectivity index (χ1) is 9.60. The number of carboxylic acid groups (broad SMARTS) is 1. The van der Waals surface area contributed by atoms with Gasteiger partial charge in [-0.05, 0) is 36.8 Å². The number of carbonyl (C=O) groups is 1. The molecule has 2 rings (SSSR count). The Balaban J connectivity index is 2.20. The molecule has 0 aliphatic rings. The van der Waals surface area contributed by atoms with E-state index >= 15 is 0 Å². The van der Waals surface area contributed by atoms with Crippen molar-refractivity contribution in [3.8, 4) is 5.75 Å². The third-order valence-electron chi connectivity index (χ3n) is 3.06. The molecule has 0 saturated heterocycles. The van der Waals surface area contributed by atoms with E-state index in [-0.39, 0.29) is 0 Å². The van der Waals surface area contributed by atoms with Crippen molar-refractivity contribution in [3.05, 3.63) is 59.7 Å². The van der Waals surface area contributed by atoms with Crippen LogP contribution in [0.5, 0.6) is 5.75 Å². The second kappa shape index (κ2) is 6.10. The van der Waals surface area contributed by atoms with Crippen LogP contribution in [0, 0.1) is 6.92 Å². The third-order valence-corrected chi connectivity index (χ3v) is 3.06. The van der Waals surface area contributed by atoms with Gasteiger partial charge < -0.3 is 15.2 Å². The Hall–Kier alpha value is -2.49. The van der Waals surface area contributed by atoms with Crippen molar-refractivity contribution in [1.82, 2.24) is 0 Å². The fourth-order valence-corrected chi connectivity index (χ4v) is 1.90. The molecule has 0 aliphatic carbocycles. The van der Waals surface area contributed by atoms with Crippen LogP contribution in [0.3, 0.4) is 0 Å². The Morgan fingerprint density at radius 3 is 2.20 bits per heavy atom. The van der Waals surface area contributed by atoms with Crippen LogP contribution in [0.1, 0.15) is 17.2 Å². The Kier molecular flexibility index (Phi) is 4.25. The van der Waals surface area contributed by atoms with Gasteiger partial charge in [0.15, 0.2) is 6.04 Å². The summed E-state index contributed by atoms with van der Waals surface area (Å²) < 4.78 is 5.08. The first-order valence-corrected chi connectivity index (χ1v) is 6.30. The molecule has 0 saturated carbocycles. The van der Waals surface area contributed by atoms with Gasteiger partial charge in [0.25, 0.3) is 0 Å². The third kappa shape index (κ3) is 3.29. The lowest BCUT2D eigenvalue weighted by Crippen LogP contribution is -2.20. The minimum Gasteiger partial charge on any atom is -0.497 e. The highest BCUT2D eigenvalue weighted by Gasteiger charge is 2.19. The maximum Gasteiger partial charge on any atom is 0.330 e. The van der Waals surface area contributed by atoms with Crippen LogP contribution in [0.2, 0.25) is 0 Å². The fraction of sp³-hybridized carbons (Fsp3) is 0.188. The van der Waals surface area contributed by atoms with Gasteiger partial charge in [-0.1, -0.05) is 29.8 Å². The van der Waals surface area contributed by atoms with Crippen LogP contribution >= 0.6 is 0 Å². The summed E-state index contributed by atoms with van der Waals surface area (Å²) in [5.41, 5.74) is 2.56. The largest absolute Gasteiger partial charge is 0.497 e. The maximum atomic E-state index is 11.4. The molecule has 2 aromatic rings. The highest BCUT2D eigenvalue weighted by Crippen LogP contribution is 2.22. The SMILES string of the molecule is COc1ccc(N[C@H](C(=O)O)c2ccc(C)cc2)cc1. The average Bonchev–Trinajstić information content (AvgIpc) is 2.46. The zero-order valence-corrected chi connectivity index (χ0v) is 11.5. The van der Waals surface area contributed by atoms with Crippen molar-refractivity contribution in [1.29, 1.82) is 0 Å². The van der Waals surface area contributed by atoms with Crippen molar-refractivity contribution in [2.24, 2.45) is 0 Å². The molecule has 4 nitrogen and oxygen atoms in total. The van der Waals surface area contributed by atoms with E-state index in [1.807, 2.05) is 31.2 Å². The van der Waals surface area contributed by atoms with Gasteiger partial charge in [0.1, 0.15) is 5.75 Å². The molecule has 0 aliphatic heterocycles. The van der Waals surface area contributed by atoms with E-state index in [1.54, 1.807) is 31.4 Å². The van der Waals surface area contributed by atoms with Crippen molar-refractivity contribution in [2.75, 3.05) is 12.4 Å². The number of methoxy groups -OCH3 is 1. The highest BCUT2D eigenvalue weighted by atomic mass is 16.5. The van der Waals surface area contributed by atoms with Gasteiger partial charge >= 0.3 is 5.97 Å². The number of hydrogen-bond acceptors (Lipinski definition) is 3. The van der Waals surface area contributed by atoms with Gasteiger partial charge in [-0.3, -0.25) is 0 Å². The molecule has 1 atom stereocenters. The number of carboxylic acids is 1. The molecule has 2 aromatic carbocycles. The van der Waals surface area contributed by atoms with E-state index in [4.69, 9.17) is 4.74 Å². The number of aryl methyl sites for hydroxylation is 1. The molecule has 2 N–H and O–H groups in total. The van der Waals surface area contributed by atoms with Crippen LogP contribution in [-0.4, -0.2) is 18.2 Å². The van der Waals surface area contributed by atoms with E-state index < -0.39 is 12.0 Å². The molecule has 0 fully saturated rings. The second-order valence-corrected chi connectivity index (χ2v) is 4.55. The van der Waals surface area contributed by atoms with Gasteiger partial charge in [0.2, 0.25) is 0 Å². The summed E-state index contributed by atoms with van der Waals surface area (Å²) in [6, 6.07) is 13.8. The molecule has 20 heavy (non-hydrogen) atoms. The number of anilines is 1. The topological polar surface area (TPSA) is 58.6 Å². The lowest BCUT2D eigenvalue weighted by molar-refractivity contribution is -0.138. The van der Waals surface area contributed by atoms with E-state index in [0.717, 1.165) is 22.6 Å². The number of rotatable bonds is 5. The summed E-state index contributed by atoms with van der Waals surface area (Å²) in [6.45, 7) is 1.97. The zero-order chi connectivity index (χ0) is 14.5. The maximum absolute atomic E-state index is 11.4. The van der Waals surface area contributed by atoms with E-state index in [2.05, 4.69) is 5.32 Å². The Bertz CT molecular complexity index is 576. The molecule has 0 unspecified atom stereocenters. The van der Waals surface area contributed by atoms with Crippen molar-refractivity contribution in [2.45, 2.75) is 13.0 Å². The Morgan fingerprint density at radius 1 is 1.10 bits per heavy atom. The zero-order valence-electron chi connectivity index (χ0n) is 11.5. The fourth-order valence-electron chi connectivity index (χ4n) is 1.90. The molecule has 104 valence electrons. The number of nitrogens with one attached hydrogen (secondary N) is 1. The summed E-state index contributed by atoms with van der Waals surface area (Å²) in [7, 11) is 1.59. The molecule has 0 spiro atoms. The number of ether oxygens (including phenoxy) is 1. The predicted molar refractivity (Wildman–Crippen MR) is 78.2 cm³/mol. The van der Waals surface area contributed by atoms with Crippen LogP contribution < -0.4 is 10.1 Å². The highest BCUT2D eigenvalue weighted by molar-refractivity contribution is 5.79. The summed E-state index contributed by atoms with van der Waals surface area (Å²) in [6.07, 6.45) is 0. The number of aliphatic carboxylic acids is 1. The lowest BCUT2D eigenvalue weighted by Gasteiger charge is -2.16. The van der Waals surface area contributed by atoms with E-state index in [9.17, 15) is 9.90 Å². The van der Waals surface area contributed by atoms with Gasteiger partial charge in [-0.15, -0.1) is 0 Å². The van der Waals surface area contributed by atoms with Crippen LogP contribution in [0.25, 0.3) is 0 Å². The normalized spacial score (nSPS) is 11.7. The molecule has 0 bridgehead atoms. The number of benzene rings is 2. The summed E-state index contributed by atoms with van der Waals surface area (Å²) >= 11 is 0. The van der Waals surface area contributed by atoms with Gasteiger partial charge in [-0.25, -0.2) is 4.79 Å². The molecular weight excluding hydrogens is 254 g/mol. The van der Waals surface area contributed by atoms with Gasteiger partial charge in [-0.2, -0.15) is 0 Å². The van der Waals surface area contributed by atoms with Crippen molar-refractivity contribution in [3.63, 3.8) is 0 Å². The first kappa shape index (κ1) is 13.9. The molecule has 0 amide bonds. The quantitative estimate of drug-likeness (QED) is 0.876. The molecule has 4 heteroatoms. The van der Waals surface area contributed by atoms with E-state index in [0.29, 0.717) is 0 Å². The number of hydrogen-bond donors (Lipinski definition) is 2. The van der Waals surface area contributed by atoms with Crippen molar-refractivity contribution < 1.29 is 14.6 Å². The van der Waals surface area contributed by atoms with E-state index in [1.165, 1.54) is 0 Å². The molecule has 0 aromatic heterocycles. The summed E-state index contributed by atoms with van der Waals surface area (Å²) in [4.78, 5) is 11.4. The smallest absolute Gasteiger partial charge is 0.330 e. The summed E-state index contributed by atoms with van der Waals surface area (Å²) in [5.74, 6) is -0.178. The van der Waals surface area contributed by atoms with Crippen LogP contribution in [0.4, 0.5) is 5.69 Å². The average molecular weight is 271 g/mol. The van der Waals surface area contributed by atoms with Gasteiger partial charge in [0.05, 0.1) is 7.11 Å². The predicted octanol–water partition coefficient (Wildman–Crippen LogP) is 3.24. The summed E-state index contributed by atoms with van der Waals surface area (Å²) in [5, 5.41) is 12.4. The second-order valence-electron chi connectivity index (χ2n) is 4.55. The Labute approximate surface area is 118 Å². The first-order valence-electron chi connectivity index (χ1n) is 6.30. The van der Waals surface area contributed by atoms with Gasteiger partial charge in [0, 0.05) is 5.69 Å².